The highest BCUT2D eigenvalue weighted by Crippen LogP contribution is 2.29. The van der Waals surface area contributed by atoms with Gasteiger partial charge >= 0.3 is 0 Å². The van der Waals surface area contributed by atoms with Crippen molar-refractivity contribution in [1.82, 2.24) is 10.0 Å². The summed E-state index contributed by atoms with van der Waals surface area (Å²) >= 11 is 4.70. The maximum absolute atomic E-state index is 11.9. The topological polar surface area (TPSA) is 58.2 Å². The first kappa shape index (κ1) is 17.3. The summed E-state index contributed by atoms with van der Waals surface area (Å²) in [5, 5.41) is 3.06. The lowest BCUT2D eigenvalue weighted by Gasteiger charge is -2.06. The summed E-state index contributed by atoms with van der Waals surface area (Å²) in [6.45, 7) is 5.66. The van der Waals surface area contributed by atoms with Crippen LogP contribution in [0.25, 0.3) is 0 Å². The molecule has 1 aromatic rings. The first-order chi connectivity index (χ1) is 7.47. The second kappa shape index (κ2) is 7.70. The van der Waals surface area contributed by atoms with Gasteiger partial charge in [-0.2, -0.15) is 0 Å². The second-order valence-corrected chi connectivity index (χ2v) is 7.59. The van der Waals surface area contributed by atoms with Gasteiger partial charge in [0.25, 0.3) is 0 Å². The van der Waals surface area contributed by atoms with E-state index in [4.69, 9.17) is 0 Å². The van der Waals surface area contributed by atoms with Gasteiger partial charge in [-0.1, -0.05) is 6.92 Å². The standard InChI is InChI=1S/C9H15BrN2O2S2.ClH/c1-3-11-4-5-12-16(13,14)8-6-9(10)15-7(8)2;/h6,11-12H,3-5H2,1-2H3;1H. The van der Waals surface area contributed by atoms with Crippen molar-refractivity contribution in [2.45, 2.75) is 18.7 Å². The Morgan fingerprint density at radius 3 is 2.53 bits per heavy atom. The molecule has 0 aliphatic rings. The molecule has 0 amide bonds. The van der Waals surface area contributed by atoms with Gasteiger partial charge in [0.1, 0.15) is 0 Å². The highest BCUT2D eigenvalue weighted by atomic mass is 79.9. The van der Waals surface area contributed by atoms with Gasteiger partial charge in [-0.05, 0) is 35.5 Å². The van der Waals surface area contributed by atoms with E-state index in [1.54, 1.807) is 13.0 Å². The van der Waals surface area contributed by atoms with Gasteiger partial charge in [-0.25, -0.2) is 13.1 Å². The lowest BCUT2D eigenvalue weighted by Crippen LogP contribution is -2.31. The molecule has 0 aromatic carbocycles. The number of rotatable bonds is 6. The Kier molecular flexibility index (Phi) is 7.86. The van der Waals surface area contributed by atoms with Crippen molar-refractivity contribution < 1.29 is 8.42 Å². The Bertz CT molecular complexity index is 448. The number of hydrogen-bond acceptors (Lipinski definition) is 4. The Morgan fingerprint density at radius 1 is 1.41 bits per heavy atom. The molecule has 0 unspecified atom stereocenters. The van der Waals surface area contributed by atoms with Crippen LogP contribution in [0.4, 0.5) is 0 Å². The molecular formula is C9H16BrClN2O2S2. The van der Waals surface area contributed by atoms with Crippen molar-refractivity contribution in [2.75, 3.05) is 19.6 Å². The highest BCUT2D eigenvalue weighted by Gasteiger charge is 2.18. The van der Waals surface area contributed by atoms with Crippen LogP contribution in [-0.4, -0.2) is 28.1 Å². The Morgan fingerprint density at radius 2 is 2.06 bits per heavy atom. The van der Waals surface area contributed by atoms with Crippen LogP contribution in [0.1, 0.15) is 11.8 Å². The molecule has 0 atom stereocenters. The summed E-state index contributed by atoms with van der Waals surface area (Å²) in [6.07, 6.45) is 0. The van der Waals surface area contributed by atoms with Crippen molar-refractivity contribution >= 4 is 49.7 Å². The van der Waals surface area contributed by atoms with Crippen LogP contribution >= 0.6 is 39.7 Å². The highest BCUT2D eigenvalue weighted by molar-refractivity contribution is 9.11. The molecule has 2 N–H and O–H groups in total. The summed E-state index contributed by atoms with van der Waals surface area (Å²) in [7, 11) is -3.36. The fourth-order valence-electron chi connectivity index (χ4n) is 1.23. The van der Waals surface area contributed by atoms with E-state index in [2.05, 4.69) is 26.0 Å². The number of likely N-dealkylation sites (N-methyl/N-ethyl adjacent to an activating group) is 1. The van der Waals surface area contributed by atoms with Crippen molar-refractivity contribution in [3.63, 3.8) is 0 Å². The van der Waals surface area contributed by atoms with E-state index in [1.165, 1.54) is 11.3 Å². The van der Waals surface area contributed by atoms with Crippen LogP contribution in [0.15, 0.2) is 14.7 Å². The van der Waals surface area contributed by atoms with Gasteiger partial charge in [-0.3, -0.25) is 0 Å². The van der Waals surface area contributed by atoms with E-state index in [1.807, 2.05) is 6.92 Å². The summed E-state index contributed by atoms with van der Waals surface area (Å²) in [6, 6.07) is 1.63. The molecule has 0 radical (unpaired) electrons. The number of thiophene rings is 1. The summed E-state index contributed by atoms with van der Waals surface area (Å²) in [5.74, 6) is 0. The van der Waals surface area contributed by atoms with Crippen molar-refractivity contribution in [3.8, 4) is 0 Å². The van der Waals surface area contributed by atoms with E-state index in [-0.39, 0.29) is 12.4 Å². The normalized spacial score (nSPS) is 11.2. The summed E-state index contributed by atoms with van der Waals surface area (Å²) in [5.41, 5.74) is 0. The maximum Gasteiger partial charge on any atom is 0.241 e. The Hall–Kier alpha value is 0.340. The molecular weight excluding hydrogens is 348 g/mol. The molecule has 0 aliphatic heterocycles. The molecule has 0 bridgehead atoms. The zero-order chi connectivity index (χ0) is 12.2. The number of halogens is 2. The molecule has 100 valence electrons. The van der Waals surface area contributed by atoms with Gasteiger partial charge < -0.3 is 5.32 Å². The van der Waals surface area contributed by atoms with E-state index < -0.39 is 10.0 Å². The van der Waals surface area contributed by atoms with Crippen molar-refractivity contribution in [1.29, 1.82) is 0 Å². The van der Waals surface area contributed by atoms with E-state index in [0.29, 0.717) is 18.0 Å². The maximum atomic E-state index is 11.9. The average molecular weight is 364 g/mol. The second-order valence-electron chi connectivity index (χ2n) is 3.22. The fourth-order valence-corrected chi connectivity index (χ4v) is 4.67. The number of sulfonamides is 1. The third-order valence-corrected chi connectivity index (χ3v) is 5.25. The zero-order valence-corrected chi connectivity index (χ0v) is 13.7. The van der Waals surface area contributed by atoms with Crippen molar-refractivity contribution in [2.24, 2.45) is 0 Å². The van der Waals surface area contributed by atoms with E-state index in [0.717, 1.165) is 15.2 Å². The minimum Gasteiger partial charge on any atom is -0.316 e. The molecule has 0 saturated heterocycles. The van der Waals surface area contributed by atoms with E-state index >= 15 is 0 Å². The minimum atomic E-state index is -3.36. The van der Waals surface area contributed by atoms with Gasteiger partial charge in [-0.15, -0.1) is 23.7 Å². The fraction of sp³-hybridized carbons (Fsp3) is 0.556. The smallest absolute Gasteiger partial charge is 0.241 e. The third kappa shape index (κ3) is 5.23. The minimum absolute atomic E-state index is 0. The first-order valence-electron chi connectivity index (χ1n) is 4.93. The molecule has 0 aliphatic carbocycles. The molecule has 8 heteroatoms. The van der Waals surface area contributed by atoms with Gasteiger partial charge in [0.2, 0.25) is 10.0 Å². The lowest BCUT2D eigenvalue weighted by molar-refractivity contribution is 0.577. The van der Waals surface area contributed by atoms with Crippen LogP contribution in [0.3, 0.4) is 0 Å². The summed E-state index contributed by atoms with van der Waals surface area (Å²) in [4.78, 5) is 1.16. The molecule has 1 rings (SSSR count). The predicted octanol–water partition coefficient (Wildman–Crippen LogP) is 2.13. The molecule has 0 fully saturated rings. The third-order valence-electron chi connectivity index (χ3n) is 1.98. The van der Waals surface area contributed by atoms with Gasteiger partial charge in [0.05, 0.1) is 8.68 Å². The monoisotopic (exact) mass is 362 g/mol. The summed E-state index contributed by atoms with van der Waals surface area (Å²) < 4.78 is 27.1. The van der Waals surface area contributed by atoms with Gasteiger partial charge in [0, 0.05) is 18.0 Å². The van der Waals surface area contributed by atoms with Gasteiger partial charge in [0.15, 0.2) is 0 Å². The molecule has 4 nitrogen and oxygen atoms in total. The van der Waals surface area contributed by atoms with Crippen LogP contribution in [0.5, 0.6) is 0 Å². The predicted molar refractivity (Wildman–Crippen MR) is 77.7 cm³/mol. The number of nitrogens with one attached hydrogen (secondary N) is 2. The largest absolute Gasteiger partial charge is 0.316 e. The molecule has 0 spiro atoms. The Balaban J connectivity index is 0.00000256. The number of hydrogen-bond donors (Lipinski definition) is 2. The zero-order valence-electron chi connectivity index (χ0n) is 9.62. The average Bonchev–Trinajstić information content (AvgIpc) is 2.53. The van der Waals surface area contributed by atoms with E-state index in [9.17, 15) is 8.42 Å². The lowest BCUT2D eigenvalue weighted by atomic mass is 10.5. The quantitative estimate of drug-likeness (QED) is 0.761. The Labute approximate surface area is 121 Å². The SMILES string of the molecule is CCNCCNS(=O)(=O)c1cc(Br)sc1C.Cl. The van der Waals surface area contributed by atoms with Crippen LogP contribution < -0.4 is 10.0 Å². The molecule has 17 heavy (non-hydrogen) atoms. The van der Waals surface area contributed by atoms with Crippen LogP contribution in [-0.2, 0) is 10.0 Å². The molecule has 1 aromatic heterocycles. The van der Waals surface area contributed by atoms with Crippen LogP contribution in [0.2, 0.25) is 0 Å². The number of aryl methyl sites for hydroxylation is 1. The first-order valence-corrected chi connectivity index (χ1v) is 8.03. The van der Waals surface area contributed by atoms with Crippen molar-refractivity contribution in [3.05, 3.63) is 14.7 Å². The van der Waals surface area contributed by atoms with Crippen LogP contribution in [0, 0.1) is 6.92 Å². The molecule has 0 saturated carbocycles. The molecule has 1 heterocycles.